The fraction of sp³-hybridized carbons (Fsp3) is 0.0833. The lowest BCUT2D eigenvalue weighted by molar-refractivity contribution is 0.0938. The average molecular weight is 511 g/mol. The van der Waals surface area contributed by atoms with Crippen LogP contribution in [0.2, 0.25) is 10.0 Å². The maximum atomic E-state index is 13.3. The van der Waals surface area contributed by atoms with Gasteiger partial charge in [-0.3, -0.25) is 9.59 Å². The molecule has 0 bridgehead atoms. The minimum atomic E-state index is -0.531. The number of para-hydroxylation sites is 1. The Bertz CT molecular complexity index is 1390. The van der Waals surface area contributed by atoms with Gasteiger partial charge in [-0.2, -0.15) is 5.10 Å². The molecular formula is C24H20Cl2N6O3. The van der Waals surface area contributed by atoms with Gasteiger partial charge in [0.1, 0.15) is 11.6 Å². The van der Waals surface area contributed by atoms with Crippen LogP contribution in [0.4, 0.5) is 11.6 Å². The number of nitrogens with zero attached hydrogens (tertiary/aromatic N) is 3. The molecule has 0 unspecified atom stereocenters. The van der Waals surface area contributed by atoms with E-state index >= 15 is 0 Å². The van der Waals surface area contributed by atoms with Crippen LogP contribution in [0.15, 0.2) is 66.7 Å². The molecule has 0 saturated heterocycles. The number of hydrogen-bond donors (Lipinski definition) is 4. The molecule has 5 N–H and O–H groups in total. The predicted molar refractivity (Wildman–Crippen MR) is 135 cm³/mol. The highest BCUT2D eigenvalue weighted by Crippen LogP contribution is 2.30. The molecule has 2 aromatic carbocycles. The van der Waals surface area contributed by atoms with Crippen molar-refractivity contribution < 1.29 is 14.7 Å². The van der Waals surface area contributed by atoms with Gasteiger partial charge in [0.15, 0.2) is 5.69 Å². The number of aliphatic hydroxyl groups excluding tert-OH is 1. The highest BCUT2D eigenvalue weighted by molar-refractivity contribution is 6.35. The summed E-state index contributed by atoms with van der Waals surface area (Å²) < 4.78 is 1.43. The number of nitrogens with two attached hydrogens (primary N) is 1. The first-order chi connectivity index (χ1) is 16.9. The molecule has 0 fully saturated rings. The number of aromatic nitrogens is 3. The number of halogens is 2. The smallest absolute Gasteiger partial charge is 0.271 e. The van der Waals surface area contributed by atoms with E-state index in [1.807, 2.05) is 6.07 Å². The monoisotopic (exact) mass is 510 g/mol. The Balaban J connectivity index is 1.70. The Morgan fingerprint density at radius 3 is 2.46 bits per heavy atom. The van der Waals surface area contributed by atoms with E-state index < -0.39 is 11.8 Å². The molecule has 11 heteroatoms. The van der Waals surface area contributed by atoms with Crippen molar-refractivity contribution in [3.8, 4) is 16.9 Å². The van der Waals surface area contributed by atoms with Crippen molar-refractivity contribution in [2.24, 2.45) is 0 Å². The number of amides is 2. The van der Waals surface area contributed by atoms with Gasteiger partial charge in [0.05, 0.1) is 33.6 Å². The van der Waals surface area contributed by atoms with Crippen LogP contribution in [0.3, 0.4) is 0 Å². The number of benzene rings is 2. The number of rotatable bonds is 7. The van der Waals surface area contributed by atoms with Gasteiger partial charge in [-0.1, -0.05) is 47.5 Å². The van der Waals surface area contributed by atoms with Crippen molar-refractivity contribution in [2.75, 3.05) is 24.2 Å². The number of pyridine rings is 1. The number of nitrogens with one attached hydrogen (secondary N) is 2. The van der Waals surface area contributed by atoms with Crippen molar-refractivity contribution in [3.05, 3.63) is 88.0 Å². The predicted octanol–water partition coefficient (Wildman–Crippen LogP) is 3.80. The van der Waals surface area contributed by atoms with E-state index in [9.17, 15) is 9.59 Å². The molecule has 0 aliphatic heterocycles. The fourth-order valence-electron chi connectivity index (χ4n) is 3.30. The van der Waals surface area contributed by atoms with Gasteiger partial charge in [0.25, 0.3) is 11.8 Å². The first-order valence-corrected chi connectivity index (χ1v) is 11.2. The van der Waals surface area contributed by atoms with Crippen LogP contribution >= 0.6 is 23.2 Å². The zero-order valence-electron chi connectivity index (χ0n) is 18.2. The van der Waals surface area contributed by atoms with E-state index in [1.54, 1.807) is 54.6 Å². The van der Waals surface area contributed by atoms with Gasteiger partial charge in [-0.05, 0) is 36.4 Å². The van der Waals surface area contributed by atoms with E-state index in [-0.39, 0.29) is 41.1 Å². The van der Waals surface area contributed by atoms with Gasteiger partial charge in [0.2, 0.25) is 0 Å². The third-order valence-electron chi connectivity index (χ3n) is 4.93. The second kappa shape index (κ2) is 10.6. The summed E-state index contributed by atoms with van der Waals surface area (Å²) in [5.41, 5.74) is 7.61. The van der Waals surface area contributed by atoms with Crippen LogP contribution in [0, 0.1) is 0 Å². The van der Waals surface area contributed by atoms with Gasteiger partial charge >= 0.3 is 0 Å². The molecule has 9 nitrogen and oxygen atoms in total. The lowest BCUT2D eigenvalue weighted by atomic mass is 10.1. The Hall–Kier alpha value is -3.92. The van der Waals surface area contributed by atoms with Crippen LogP contribution in [-0.2, 0) is 0 Å². The first-order valence-electron chi connectivity index (χ1n) is 10.4. The average Bonchev–Trinajstić information content (AvgIpc) is 3.28. The molecule has 35 heavy (non-hydrogen) atoms. The summed E-state index contributed by atoms with van der Waals surface area (Å²) in [6, 6.07) is 18.4. The quantitative estimate of drug-likeness (QED) is 0.298. The molecule has 2 aromatic heterocycles. The van der Waals surface area contributed by atoms with Crippen molar-refractivity contribution in [1.82, 2.24) is 20.1 Å². The van der Waals surface area contributed by atoms with Gasteiger partial charge in [-0.15, -0.1) is 0 Å². The maximum Gasteiger partial charge on any atom is 0.271 e. The molecule has 0 saturated carbocycles. The molecule has 178 valence electrons. The van der Waals surface area contributed by atoms with Crippen LogP contribution in [-0.4, -0.2) is 44.8 Å². The van der Waals surface area contributed by atoms with E-state index in [2.05, 4.69) is 20.7 Å². The lowest BCUT2D eigenvalue weighted by Gasteiger charge is -2.11. The third-order valence-corrected chi connectivity index (χ3v) is 5.57. The molecule has 4 rings (SSSR count). The highest BCUT2D eigenvalue weighted by atomic mass is 35.5. The van der Waals surface area contributed by atoms with E-state index in [0.29, 0.717) is 22.0 Å². The Morgan fingerprint density at radius 2 is 1.71 bits per heavy atom. The summed E-state index contributed by atoms with van der Waals surface area (Å²) in [4.78, 5) is 29.9. The second-order valence-corrected chi connectivity index (χ2v) is 8.17. The van der Waals surface area contributed by atoms with Crippen molar-refractivity contribution in [2.45, 2.75) is 0 Å². The molecule has 0 spiro atoms. The molecule has 0 aliphatic carbocycles. The van der Waals surface area contributed by atoms with Crippen LogP contribution in [0.1, 0.15) is 20.8 Å². The minimum absolute atomic E-state index is 0.0631. The molecule has 0 atom stereocenters. The van der Waals surface area contributed by atoms with Crippen LogP contribution in [0.5, 0.6) is 0 Å². The SMILES string of the molecule is Nc1ccc(Cl)c(-c2ccc(Cl)c(C(=O)Nc3cc(C(=O)NCCO)nn3-c3ccccc3)c2)n1. The molecule has 0 radical (unpaired) electrons. The first kappa shape index (κ1) is 24.2. The van der Waals surface area contributed by atoms with Crippen LogP contribution < -0.4 is 16.4 Å². The molecule has 0 aliphatic rings. The highest BCUT2D eigenvalue weighted by Gasteiger charge is 2.20. The summed E-state index contributed by atoms with van der Waals surface area (Å²) in [7, 11) is 0. The number of hydrogen-bond acceptors (Lipinski definition) is 6. The summed E-state index contributed by atoms with van der Waals surface area (Å²) in [5, 5.41) is 19.2. The number of carbonyl (C=O) groups is 2. The Kier molecular flexibility index (Phi) is 7.31. The summed E-state index contributed by atoms with van der Waals surface area (Å²) >= 11 is 12.6. The summed E-state index contributed by atoms with van der Waals surface area (Å²) in [6.07, 6.45) is 0. The number of aliphatic hydroxyl groups is 1. The third kappa shape index (κ3) is 5.43. The van der Waals surface area contributed by atoms with Crippen molar-refractivity contribution in [3.63, 3.8) is 0 Å². The Morgan fingerprint density at radius 1 is 0.971 bits per heavy atom. The van der Waals surface area contributed by atoms with Gasteiger partial charge in [0, 0.05) is 18.2 Å². The maximum absolute atomic E-state index is 13.3. The zero-order valence-corrected chi connectivity index (χ0v) is 19.7. The van der Waals surface area contributed by atoms with Gasteiger partial charge < -0.3 is 21.5 Å². The van der Waals surface area contributed by atoms with E-state index in [1.165, 1.54) is 10.7 Å². The molecule has 2 amide bonds. The topological polar surface area (TPSA) is 135 Å². The lowest BCUT2D eigenvalue weighted by Crippen LogP contribution is -2.26. The second-order valence-electron chi connectivity index (χ2n) is 7.36. The summed E-state index contributed by atoms with van der Waals surface area (Å²) in [6.45, 7) is -0.142. The Labute approximate surface area is 210 Å². The van der Waals surface area contributed by atoms with Crippen molar-refractivity contribution >= 4 is 46.7 Å². The molecule has 4 aromatic rings. The van der Waals surface area contributed by atoms with Gasteiger partial charge in [-0.25, -0.2) is 9.67 Å². The fourth-order valence-corrected chi connectivity index (χ4v) is 3.71. The molecular weight excluding hydrogens is 491 g/mol. The van der Waals surface area contributed by atoms with Crippen LogP contribution in [0.25, 0.3) is 16.9 Å². The standard InChI is InChI=1S/C24H20Cl2N6O3/c25-17-7-6-14(22-18(26)8-9-20(27)29-22)12-16(17)23(34)30-21-13-19(24(35)28-10-11-33)31-32(21)15-4-2-1-3-5-15/h1-9,12-13,33H,10-11H2,(H2,27,29)(H,28,35)(H,30,34). The number of anilines is 2. The van der Waals surface area contributed by atoms with E-state index in [0.717, 1.165) is 0 Å². The van der Waals surface area contributed by atoms with Crippen molar-refractivity contribution in [1.29, 1.82) is 0 Å². The normalized spacial score (nSPS) is 10.7. The largest absolute Gasteiger partial charge is 0.395 e. The number of carbonyl (C=O) groups excluding carboxylic acids is 2. The minimum Gasteiger partial charge on any atom is -0.395 e. The zero-order chi connectivity index (χ0) is 24.9. The summed E-state index contributed by atoms with van der Waals surface area (Å²) in [5.74, 6) is -0.496. The van der Waals surface area contributed by atoms with E-state index in [4.69, 9.17) is 34.0 Å². The molecule has 2 heterocycles. The number of nitrogen functional groups attached to an aromatic ring is 1.